The highest BCUT2D eigenvalue weighted by molar-refractivity contribution is 7.21. The monoisotopic (exact) mass is 518 g/mol. The van der Waals surface area contributed by atoms with Crippen LogP contribution in [-0.2, 0) is 4.74 Å². The molecule has 0 aliphatic carbocycles. The predicted octanol–water partition coefficient (Wildman–Crippen LogP) is 5.53. The van der Waals surface area contributed by atoms with Crippen LogP contribution in [0.2, 0.25) is 0 Å². The lowest BCUT2D eigenvalue weighted by Crippen LogP contribution is -2.31. The average molecular weight is 519 g/mol. The summed E-state index contributed by atoms with van der Waals surface area (Å²) in [5.74, 6) is 0.589. The number of rotatable bonds is 6. The maximum absolute atomic E-state index is 13.7. The van der Waals surface area contributed by atoms with Gasteiger partial charge in [0.05, 0.1) is 23.0 Å². The van der Waals surface area contributed by atoms with Crippen LogP contribution in [0.15, 0.2) is 34.7 Å². The summed E-state index contributed by atoms with van der Waals surface area (Å²) in [7, 11) is 0. The van der Waals surface area contributed by atoms with Crippen molar-refractivity contribution < 1.29 is 18.7 Å². The maximum atomic E-state index is 13.7. The number of aromatic nitrogens is 1. The lowest BCUT2D eigenvalue weighted by molar-refractivity contribution is 0.0861. The van der Waals surface area contributed by atoms with E-state index >= 15 is 0 Å². The normalized spacial score (nSPS) is 15.3. The smallest absolute Gasteiger partial charge is 0.263 e. The number of benzene rings is 1. The van der Waals surface area contributed by atoms with E-state index in [9.17, 15) is 9.59 Å². The molecule has 4 heterocycles. The number of ether oxygens (including phenoxy) is 1. The minimum atomic E-state index is -0.321. The fourth-order valence-electron chi connectivity index (χ4n) is 4.76. The molecule has 1 aliphatic rings. The first-order valence-electron chi connectivity index (χ1n) is 12.3. The van der Waals surface area contributed by atoms with Gasteiger partial charge in [0.25, 0.3) is 11.8 Å². The van der Waals surface area contributed by atoms with Crippen molar-refractivity contribution >= 4 is 44.7 Å². The SMILES string of the molecule is Cc1ccc(NC(=O)c2c(C)nc3sc(C(=O)NC[C@H]4CCCO4)c(N)c3c2-c2ccc(C)o2)c(C)c1. The Bertz CT molecular complexity index is 1510. The van der Waals surface area contributed by atoms with Crippen LogP contribution in [0.25, 0.3) is 21.5 Å². The summed E-state index contributed by atoms with van der Waals surface area (Å²) in [5.41, 5.74) is 11.1. The van der Waals surface area contributed by atoms with Crippen LogP contribution in [0.5, 0.6) is 0 Å². The van der Waals surface area contributed by atoms with Gasteiger partial charge in [-0.25, -0.2) is 4.98 Å². The van der Waals surface area contributed by atoms with Crippen molar-refractivity contribution in [1.82, 2.24) is 10.3 Å². The van der Waals surface area contributed by atoms with Crippen molar-refractivity contribution in [2.24, 2.45) is 0 Å². The second kappa shape index (κ2) is 9.99. The molecule has 9 heteroatoms. The van der Waals surface area contributed by atoms with Crippen molar-refractivity contribution in [1.29, 1.82) is 0 Å². The number of pyridine rings is 1. The molecule has 0 spiro atoms. The Morgan fingerprint density at radius 2 is 1.95 bits per heavy atom. The summed E-state index contributed by atoms with van der Waals surface area (Å²) in [6, 6.07) is 9.49. The Hall–Kier alpha value is -3.69. The van der Waals surface area contributed by atoms with Gasteiger partial charge in [0.2, 0.25) is 0 Å². The summed E-state index contributed by atoms with van der Waals surface area (Å²) in [6.45, 7) is 8.71. The number of nitrogens with zero attached hydrogens (tertiary/aromatic N) is 1. The van der Waals surface area contributed by atoms with Crippen LogP contribution in [0, 0.1) is 27.7 Å². The van der Waals surface area contributed by atoms with E-state index in [1.807, 2.05) is 51.1 Å². The molecule has 8 nitrogen and oxygen atoms in total. The predicted molar refractivity (Wildman–Crippen MR) is 146 cm³/mol. The van der Waals surface area contributed by atoms with Gasteiger partial charge in [-0.3, -0.25) is 9.59 Å². The number of furan rings is 1. The van der Waals surface area contributed by atoms with E-state index in [2.05, 4.69) is 10.6 Å². The number of hydrogen-bond acceptors (Lipinski definition) is 7. The van der Waals surface area contributed by atoms with E-state index in [0.717, 1.165) is 24.0 Å². The highest BCUT2D eigenvalue weighted by Gasteiger charge is 2.28. The maximum Gasteiger partial charge on any atom is 0.263 e. The van der Waals surface area contributed by atoms with Gasteiger partial charge in [0, 0.05) is 29.8 Å². The number of carbonyl (C=O) groups excluding carboxylic acids is 2. The zero-order chi connectivity index (χ0) is 26.3. The van der Waals surface area contributed by atoms with E-state index < -0.39 is 0 Å². The minimum absolute atomic E-state index is 0.0158. The number of hydrogen-bond donors (Lipinski definition) is 3. The molecule has 0 bridgehead atoms. The van der Waals surface area contributed by atoms with Crippen molar-refractivity contribution in [2.75, 3.05) is 24.2 Å². The zero-order valence-electron chi connectivity index (χ0n) is 21.4. The number of nitrogens with two attached hydrogens (primary N) is 1. The van der Waals surface area contributed by atoms with Gasteiger partial charge in [-0.15, -0.1) is 11.3 Å². The first-order chi connectivity index (χ1) is 17.7. The summed E-state index contributed by atoms with van der Waals surface area (Å²) in [5, 5.41) is 6.50. The number of amides is 2. The molecule has 5 rings (SSSR count). The van der Waals surface area contributed by atoms with Crippen LogP contribution in [0.1, 0.15) is 55.5 Å². The number of nitrogen functional groups attached to an aromatic ring is 1. The van der Waals surface area contributed by atoms with Crippen molar-refractivity contribution in [3.05, 3.63) is 63.4 Å². The van der Waals surface area contributed by atoms with E-state index in [4.69, 9.17) is 19.9 Å². The second-order valence-electron chi connectivity index (χ2n) is 9.50. The molecule has 0 unspecified atom stereocenters. The molecule has 1 atom stereocenters. The Balaban J connectivity index is 1.60. The molecule has 1 saturated heterocycles. The third-order valence-corrected chi connectivity index (χ3v) is 7.72. The van der Waals surface area contributed by atoms with Gasteiger partial charge in [-0.2, -0.15) is 0 Å². The second-order valence-corrected chi connectivity index (χ2v) is 10.5. The molecule has 1 fully saturated rings. The summed E-state index contributed by atoms with van der Waals surface area (Å²) >= 11 is 1.21. The fourth-order valence-corrected chi connectivity index (χ4v) is 5.83. The van der Waals surface area contributed by atoms with Crippen LogP contribution in [0.4, 0.5) is 11.4 Å². The molecule has 2 amide bonds. The molecule has 37 heavy (non-hydrogen) atoms. The summed E-state index contributed by atoms with van der Waals surface area (Å²) in [6.07, 6.45) is 1.93. The van der Waals surface area contributed by atoms with Gasteiger partial charge < -0.3 is 25.5 Å². The topological polar surface area (TPSA) is 119 Å². The first-order valence-corrected chi connectivity index (χ1v) is 13.1. The molecule has 1 aliphatic heterocycles. The minimum Gasteiger partial charge on any atom is -0.461 e. The largest absolute Gasteiger partial charge is 0.461 e. The Morgan fingerprint density at radius 3 is 2.62 bits per heavy atom. The molecule has 4 aromatic rings. The Kier molecular flexibility index (Phi) is 6.74. The Labute approximate surface area is 219 Å². The Morgan fingerprint density at radius 1 is 1.14 bits per heavy atom. The van der Waals surface area contributed by atoms with E-state index in [1.165, 1.54) is 11.3 Å². The van der Waals surface area contributed by atoms with Crippen molar-refractivity contribution in [3.63, 3.8) is 0 Å². The number of carbonyl (C=O) groups is 2. The summed E-state index contributed by atoms with van der Waals surface area (Å²) < 4.78 is 11.6. The van der Waals surface area contributed by atoms with E-state index in [0.29, 0.717) is 62.3 Å². The van der Waals surface area contributed by atoms with Crippen LogP contribution < -0.4 is 16.4 Å². The highest BCUT2D eigenvalue weighted by Crippen LogP contribution is 2.42. The lowest BCUT2D eigenvalue weighted by atomic mass is 9.99. The van der Waals surface area contributed by atoms with E-state index in [-0.39, 0.29) is 23.6 Å². The van der Waals surface area contributed by atoms with Crippen LogP contribution >= 0.6 is 11.3 Å². The molecule has 0 radical (unpaired) electrons. The number of aryl methyl sites for hydroxylation is 4. The van der Waals surface area contributed by atoms with Gasteiger partial charge in [0.15, 0.2) is 0 Å². The molecule has 1 aromatic carbocycles. The molecular weight excluding hydrogens is 488 g/mol. The van der Waals surface area contributed by atoms with Gasteiger partial charge in [-0.1, -0.05) is 17.7 Å². The van der Waals surface area contributed by atoms with Gasteiger partial charge in [0.1, 0.15) is 21.2 Å². The number of fused-ring (bicyclic) bond motifs is 1. The van der Waals surface area contributed by atoms with Gasteiger partial charge >= 0.3 is 0 Å². The quantitative estimate of drug-likeness (QED) is 0.309. The fraction of sp³-hybridized carbons (Fsp3) is 0.321. The number of anilines is 2. The molecule has 0 saturated carbocycles. The van der Waals surface area contributed by atoms with Crippen LogP contribution in [-0.4, -0.2) is 36.1 Å². The third-order valence-electron chi connectivity index (χ3n) is 6.62. The standard InChI is InChI=1S/C28H30N4O4S/c1-14-7-9-19(15(2)12-14)32-26(33)21-17(4)31-28-23(22(21)20-10-8-16(3)36-20)24(29)25(37-28)27(34)30-13-18-6-5-11-35-18/h7-10,12,18H,5-6,11,13,29H2,1-4H3,(H,30,34)(H,32,33)/t18-/m1/s1. The van der Waals surface area contributed by atoms with Crippen molar-refractivity contribution in [2.45, 2.75) is 46.6 Å². The molecule has 3 aromatic heterocycles. The number of thiophene rings is 1. The molecule has 192 valence electrons. The highest BCUT2D eigenvalue weighted by atomic mass is 32.1. The molecular formula is C28H30N4O4S. The third kappa shape index (κ3) is 4.84. The lowest BCUT2D eigenvalue weighted by Gasteiger charge is -2.14. The number of nitrogens with one attached hydrogen (secondary N) is 2. The average Bonchev–Trinajstić information content (AvgIpc) is 3.59. The summed E-state index contributed by atoms with van der Waals surface area (Å²) in [4.78, 5) is 32.4. The van der Waals surface area contributed by atoms with Gasteiger partial charge in [-0.05, 0) is 64.3 Å². The van der Waals surface area contributed by atoms with Crippen LogP contribution in [0.3, 0.4) is 0 Å². The molecule has 4 N–H and O–H groups in total. The van der Waals surface area contributed by atoms with E-state index in [1.54, 1.807) is 6.92 Å². The first kappa shape index (κ1) is 25.0. The van der Waals surface area contributed by atoms with Crippen molar-refractivity contribution in [3.8, 4) is 11.3 Å². The zero-order valence-corrected chi connectivity index (χ0v) is 22.2.